The lowest BCUT2D eigenvalue weighted by Crippen LogP contribution is -2.14. The number of benzene rings is 1. The lowest BCUT2D eigenvalue weighted by atomic mass is 10.0. The second kappa shape index (κ2) is 7.78. The van der Waals surface area contributed by atoms with Gasteiger partial charge in [0.2, 0.25) is 5.89 Å². The zero-order valence-corrected chi connectivity index (χ0v) is 17.6. The van der Waals surface area contributed by atoms with Gasteiger partial charge in [0.05, 0.1) is 16.8 Å². The van der Waals surface area contributed by atoms with Gasteiger partial charge in [-0.3, -0.25) is 0 Å². The Labute approximate surface area is 179 Å². The van der Waals surface area contributed by atoms with Crippen molar-refractivity contribution in [2.75, 3.05) is 12.4 Å². The van der Waals surface area contributed by atoms with E-state index < -0.39 is 7.04 Å². The van der Waals surface area contributed by atoms with E-state index in [1.165, 1.54) is 0 Å². The van der Waals surface area contributed by atoms with E-state index >= 15 is 0 Å². The van der Waals surface area contributed by atoms with Crippen LogP contribution < -0.4 is 10.1 Å². The second-order valence-electron chi connectivity index (χ2n) is 7.34. The molecule has 1 N–H and O–H groups in total. The quantitative estimate of drug-likeness (QED) is 0.498. The van der Waals surface area contributed by atoms with Crippen LogP contribution in [0, 0.1) is 27.7 Å². The number of nitrogens with zero attached hydrogens (tertiary/aromatic N) is 5. The maximum atomic E-state index is 7.32. The number of anilines is 1. The standard InChI is InChI=1S/C22H26N6O2/c1-7-18(22-24-15(5)27-30-22)25-19-11-13(3)23-21-20(14(4)26-28(19)21)17-9-8-16(29-6)10-12(17)2/h8-11,18,25H,7H2,1-6H3/t18-/m0/s1/i6D3. The van der Waals surface area contributed by atoms with Crippen LogP contribution in [0.3, 0.4) is 0 Å². The van der Waals surface area contributed by atoms with Crippen molar-refractivity contribution in [1.82, 2.24) is 24.7 Å². The van der Waals surface area contributed by atoms with Crippen molar-refractivity contribution in [2.24, 2.45) is 0 Å². The van der Waals surface area contributed by atoms with Gasteiger partial charge in [-0.25, -0.2) is 4.98 Å². The molecule has 0 spiro atoms. The molecule has 0 aliphatic rings. The Bertz CT molecular complexity index is 1310. The normalized spacial score (nSPS) is 14.2. The number of nitrogens with one attached hydrogen (secondary N) is 1. The minimum absolute atomic E-state index is 0.179. The largest absolute Gasteiger partial charge is 0.497 e. The van der Waals surface area contributed by atoms with Gasteiger partial charge in [0, 0.05) is 17.3 Å². The molecule has 0 bridgehead atoms. The average molecular weight is 410 g/mol. The van der Waals surface area contributed by atoms with Crippen LogP contribution in [-0.2, 0) is 0 Å². The Kier molecular flexibility index (Phi) is 4.25. The number of methoxy groups -OCH3 is 1. The van der Waals surface area contributed by atoms with Crippen LogP contribution in [0.15, 0.2) is 28.8 Å². The summed E-state index contributed by atoms with van der Waals surface area (Å²) in [6, 6.07) is 6.95. The summed E-state index contributed by atoms with van der Waals surface area (Å²) in [7, 11) is -2.50. The topological polar surface area (TPSA) is 90.4 Å². The van der Waals surface area contributed by atoms with Crippen LogP contribution in [0.25, 0.3) is 16.8 Å². The molecule has 8 nitrogen and oxygen atoms in total. The van der Waals surface area contributed by atoms with E-state index in [1.54, 1.807) is 23.6 Å². The summed E-state index contributed by atoms with van der Waals surface area (Å²) >= 11 is 0. The van der Waals surface area contributed by atoms with Gasteiger partial charge in [0.25, 0.3) is 0 Å². The van der Waals surface area contributed by atoms with Gasteiger partial charge in [-0.05, 0) is 57.4 Å². The number of fused-ring (bicyclic) bond motifs is 1. The van der Waals surface area contributed by atoms with Crippen LogP contribution in [0.5, 0.6) is 5.75 Å². The molecule has 0 fully saturated rings. The van der Waals surface area contributed by atoms with E-state index in [-0.39, 0.29) is 11.8 Å². The third-order valence-corrected chi connectivity index (χ3v) is 5.05. The molecule has 0 aliphatic carbocycles. The van der Waals surface area contributed by atoms with Crippen LogP contribution in [0.1, 0.15) is 52.2 Å². The molecule has 3 aromatic heterocycles. The maximum Gasteiger partial charge on any atom is 0.249 e. The van der Waals surface area contributed by atoms with Gasteiger partial charge in [-0.15, -0.1) is 0 Å². The van der Waals surface area contributed by atoms with E-state index in [4.69, 9.17) is 23.5 Å². The first-order chi connectivity index (χ1) is 15.6. The molecule has 8 heteroatoms. The summed E-state index contributed by atoms with van der Waals surface area (Å²) in [5, 5.41) is 12.1. The highest BCUT2D eigenvalue weighted by atomic mass is 16.5. The van der Waals surface area contributed by atoms with Gasteiger partial charge in [0.15, 0.2) is 11.5 Å². The second-order valence-corrected chi connectivity index (χ2v) is 7.34. The van der Waals surface area contributed by atoms with Crippen molar-refractivity contribution in [1.29, 1.82) is 0 Å². The Morgan fingerprint density at radius 3 is 2.70 bits per heavy atom. The van der Waals surface area contributed by atoms with Gasteiger partial charge in [-0.1, -0.05) is 18.1 Å². The number of ether oxygens (including phenoxy) is 1. The number of rotatable bonds is 6. The Hall–Kier alpha value is -3.42. The summed E-state index contributed by atoms with van der Waals surface area (Å²) < 4.78 is 34.2. The molecule has 4 rings (SSSR count). The molecule has 1 atom stereocenters. The Balaban J connectivity index is 1.78. The van der Waals surface area contributed by atoms with Crippen molar-refractivity contribution in [3.63, 3.8) is 0 Å². The molecule has 0 radical (unpaired) electrons. The SMILES string of the molecule is [2H]C([2H])([2H])Oc1ccc(-c2c(C)nn3c(N[C@@H](CC)c4nc(C)no4)cc(C)nc23)c(C)c1. The lowest BCUT2D eigenvalue weighted by molar-refractivity contribution is 0.356. The number of hydrogen-bond donors (Lipinski definition) is 1. The van der Waals surface area contributed by atoms with Gasteiger partial charge < -0.3 is 14.6 Å². The molecular weight excluding hydrogens is 380 g/mol. The summed E-state index contributed by atoms with van der Waals surface area (Å²) in [6.07, 6.45) is 0.738. The summed E-state index contributed by atoms with van der Waals surface area (Å²) in [5.74, 6) is 2.15. The molecule has 0 saturated heterocycles. The van der Waals surface area contributed by atoms with Crippen LogP contribution in [0.4, 0.5) is 5.82 Å². The predicted molar refractivity (Wildman–Crippen MR) is 115 cm³/mol. The minimum atomic E-state index is -2.50. The van der Waals surface area contributed by atoms with Crippen molar-refractivity contribution in [2.45, 2.75) is 47.1 Å². The molecule has 30 heavy (non-hydrogen) atoms. The zero-order chi connectivity index (χ0) is 23.9. The highest BCUT2D eigenvalue weighted by Gasteiger charge is 2.21. The van der Waals surface area contributed by atoms with E-state index in [0.717, 1.165) is 40.3 Å². The third-order valence-electron chi connectivity index (χ3n) is 5.05. The highest BCUT2D eigenvalue weighted by molar-refractivity contribution is 5.83. The Morgan fingerprint density at radius 1 is 1.20 bits per heavy atom. The first-order valence-corrected chi connectivity index (χ1v) is 9.79. The van der Waals surface area contributed by atoms with Crippen LogP contribution in [-0.4, -0.2) is 31.8 Å². The fourth-order valence-corrected chi connectivity index (χ4v) is 3.61. The van der Waals surface area contributed by atoms with E-state index in [1.807, 2.05) is 39.8 Å². The number of aromatic nitrogens is 5. The van der Waals surface area contributed by atoms with Gasteiger partial charge >= 0.3 is 0 Å². The molecule has 0 unspecified atom stereocenters. The van der Waals surface area contributed by atoms with Gasteiger partial charge in [-0.2, -0.15) is 14.6 Å². The van der Waals surface area contributed by atoms with Gasteiger partial charge in [0.1, 0.15) is 17.6 Å². The minimum Gasteiger partial charge on any atom is -0.497 e. The van der Waals surface area contributed by atoms with E-state index in [2.05, 4.69) is 15.5 Å². The van der Waals surface area contributed by atoms with Crippen molar-refractivity contribution in [3.05, 3.63) is 52.9 Å². The van der Waals surface area contributed by atoms with Crippen molar-refractivity contribution < 1.29 is 13.4 Å². The van der Waals surface area contributed by atoms with Crippen molar-refractivity contribution >= 4 is 11.5 Å². The highest BCUT2D eigenvalue weighted by Crippen LogP contribution is 2.34. The first-order valence-electron chi connectivity index (χ1n) is 11.3. The average Bonchev–Trinajstić information content (AvgIpc) is 3.28. The summed E-state index contributed by atoms with van der Waals surface area (Å²) in [6.45, 7) is 9.58. The van der Waals surface area contributed by atoms with Crippen LogP contribution in [0.2, 0.25) is 0 Å². The maximum absolute atomic E-state index is 7.32. The monoisotopic (exact) mass is 409 g/mol. The Morgan fingerprint density at radius 2 is 2.03 bits per heavy atom. The lowest BCUT2D eigenvalue weighted by Gasteiger charge is -2.16. The third kappa shape index (κ3) is 3.49. The van der Waals surface area contributed by atoms with E-state index in [9.17, 15) is 0 Å². The molecule has 1 aromatic carbocycles. The number of hydrogen-bond acceptors (Lipinski definition) is 7. The fraction of sp³-hybridized carbons (Fsp3) is 0.364. The number of aryl methyl sites for hydroxylation is 4. The molecule has 4 aromatic rings. The predicted octanol–water partition coefficient (Wildman–Crippen LogP) is 4.58. The molecule has 156 valence electrons. The van der Waals surface area contributed by atoms with Crippen LogP contribution >= 0.6 is 0 Å². The molecule has 0 aliphatic heterocycles. The zero-order valence-electron chi connectivity index (χ0n) is 20.6. The summed E-state index contributed by atoms with van der Waals surface area (Å²) in [4.78, 5) is 9.11. The molecule has 0 saturated carbocycles. The molecule has 0 amide bonds. The molecular formula is C22H26N6O2. The first kappa shape index (κ1) is 16.4. The smallest absolute Gasteiger partial charge is 0.249 e. The molecule has 3 heterocycles. The van der Waals surface area contributed by atoms with Crippen molar-refractivity contribution in [3.8, 4) is 16.9 Å². The fourth-order valence-electron chi connectivity index (χ4n) is 3.61. The summed E-state index contributed by atoms with van der Waals surface area (Å²) in [5.41, 5.74) is 4.96. The van der Waals surface area contributed by atoms with E-state index in [0.29, 0.717) is 17.4 Å².